The molecule has 2 aromatic carbocycles. The van der Waals surface area contributed by atoms with Gasteiger partial charge in [0.15, 0.2) is 8.46 Å². The fourth-order valence-corrected chi connectivity index (χ4v) is 2.98. The first-order valence-corrected chi connectivity index (χ1v) is 9.63. The molecule has 0 spiro atoms. The molecule has 2 aromatic rings. The molecule has 0 saturated carbocycles. The third-order valence-electron chi connectivity index (χ3n) is 4.03. The van der Waals surface area contributed by atoms with Crippen molar-refractivity contribution in [2.45, 2.75) is 37.9 Å². The lowest BCUT2D eigenvalue weighted by Gasteiger charge is -2.30. The Morgan fingerprint density at radius 3 is 1.92 bits per heavy atom. The smallest absolute Gasteiger partial charge is 0.155 e. The lowest BCUT2D eigenvalue weighted by molar-refractivity contribution is -0.144. The summed E-state index contributed by atoms with van der Waals surface area (Å²) >= 11 is 0. The van der Waals surface area contributed by atoms with Crippen LogP contribution in [-0.2, 0) is 27.3 Å². The van der Waals surface area contributed by atoms with Crippen molar-refractivity contribution in [2.24, 2.45) is 0 Å². The number of aliphatic hydroxyl groups excluding tert-OH is 2. The van der Waals surface area contributed by atoms with Crippen LogP contribution in [0.2, 0.25) is 0 Å². The highest BCUT2D eigenvalue weighted by Crippen LogP contribution is 2.17. The fourth-order valence-electron chi connectivity index (χ4n) is 2.61. The minimum atomic E-state index is -0.881. The van der Waals surface area contributed by atoms with E-state index in [2.05, 4.69) is 0 Å². The first-order chi connectivity index (χ1) is 12.7. The molecule has 5 nitrogen and oxygen atoms in total. The molecule has 0 saturated heterocycles. The minimum absolute atomic E-state index is 0.0277. The van der Waals surface area contributed by atoms with Crippen molar-refractivity contribution in [3.63, 3.8) is 0 Å². The van der Waals surface area contributed by atoms with Gasteiger partial charge in [0.1, 0.15) is 12.2 Å². The van der Waals surface area contributed by atoms with Gasteiger partial charge in [-0.2, -0.15) is 0 Å². The van der Waals surface area contributed by atoms with Crippen molar-refractivity contribution in [1.29, 1.82) is 0 Å². The second kappa shape index (κ2) is 11.9. The summed E-state index contributed by atoms with van der Waals surface area (Å²) in [6.07, 6.45) is -1.66. The molecule has 0 amide bonds. The van der Waals surface area contributed by atoms with E-state index in [4.69, 9.17) is 9.47 Å². The standard InChI is InChI=1S/C20H25O5P/c21-13-19(24-14-16-7-3-1-4-8-16)20(18(22)11-12-26-23)25-15-17-9-5-2-6-10-17/h1-10,18-22H,11-15H2/t18-,19+,20-/m1/s1. The maximum atomic E-state index is 10.7. The maximum Gasteiger partial charge on any atom is 0.155 e. The van der Waals surface area contributed by atoms with Crippen LogP contribution in [0.4, 0.5) is 0 Å². The lowest BCUT2D eigenvalue weighted by atomic mass is 10.1. The minimum Gasteiger partial charge on any atom is -0.394 e. The van der Waals surface area contributed by atoms with Crippen molar-refractivity contribution in [2.75, 3.05) is 12.8 Å². The van der Waals surface area contributed by atoms with Crippen molar-refractivity contribution >= 4 is 8.46 Å². The molecule has 0 aliphatic heterocycles. The van der Waals surface area contributed by atoms with Crippen LogP contribution in [0.15, 0.2) is 60.7 Å². The van der Waals surface area contributed by atoms with Crippen LogP contribution < -0.4 is 0 Å². The van der Waals surface area contributed by atoms with Gasteiger partial charge in [0.2, 0.25) is 0 Å². The monoisotopic (exact) mass is 376 g/mol. The molecule has 0 aliphatic rings. The summed E-state index contributed by atoms with van der Waals surface area (Å²) in [6.45, 7) is 0.324. The Balaban J connectivity index is 2.01. The van der Waals surface area contributed by atoms with Gasteiger partial charge in [-0.25, -0.2) is 0 Å². The zero-order valence-electron chi connectivity index (χ0n) is 14.6. The zero-order valence-corrected chi connectivity index (χ0v) is 15.5. The highest BCUT2D eigenvalue weighted by Gasteiger charge is 2.29. The van der Waals surface area contributed by atoms with Crippen molar-refractivity contribution in [3.05, 3.63) is 71.8 Å². The van der Waals surface area contributed by atoms with E-state index in [1.807, 2.05) is 60.7 Å². The summed E-state index contributed by atoms with van der Waals surface area (Å²) in [5.74, 6) is 0. The Hall–Kier alpha value is -1.62. The van der Waals surface area contributed by atoms with E-state index in [1.54, 1.807) is 0 Å². The molecule has 140 valence electrons. The normalized spacial score (nSPS) is 14.8. The van der Waals surface area contributed by atoms with Crippen LogP contribution >= 0.6 is 8.46 Å². The van der Waals surface area contributed by atoms with Crippen LogP contribution in [0, 0.1) is 0 Å². The third kappa shape index (κ3) is 6.94. The van der Waals surface area contributed by atoms with Crippen LogP contribution in [0.25, 0.3) is 0 Å². The number of rotatable bonds is 12. The van der Waals surface area contributed by atoms with Gasteiger partial charge in [0.05, 0.1) is 25.9 Å². The SMILES string of the molecule is O=PCC[C@@H](O)[C@@H](OCc1ccccc1)[C@H](CO)OCc1ccccc1. The molecule has 0 aliphatic carbocycles. The Bertz CT molecular complexity index is 623. The molecule has 3 atom stereocenters. The number of ether oxygens (including phenoxy) is 2. The van der Waals surface area contributed by atoms with E-state index < -0.39 is 18.3 Å². The molecule has 0 unspecified atom stereocenters. The molecular weight excluding hydrogens is 351 g/mol. The average Bonchev–Trinajstić information content (AvgIpc) is 2.70. The molecule has 0 aromatic heterocycles. The Morgan fingerprint density at radius 1 is 0.885 bits per heavy atom. The fraction of sp³-hybridized carbons (Fsp3) is 0.400. The van der Waals surface area contributed by atoms with Gasteiger partial charge in [-0.05, 0) is 17.5 Å². The first kappa shape index (κ1) is 20.7. The summed E-state index contributed by atoms with van der Waals surface area (Å²) < 4.78 is 22.4. The highest BCUT2D eigenvalue weighted by atomic mass is 31.1. The van der Waals surface area contributed by atoms with E-state index in [1.165, 1.54) is 0 Å². The molecule has 2 rings (SSSR count). The Labute approximate surface area is 155 Å². The molecular formula is C20H25O5P. The summed E-state index contributed by atoms with van der Waals surface area (Å²) in [4.78, 5) is 0. The van der Waals surface area contributed by atoms with Gasteiger partial charge in [0.25, 0.3) is 0 Å². The molecule has 0 heterocycles. The molecule has 0 radical (unpaired) electrons. The summed E-state index contributed by atoms with van der Waals surface area (Å²) in [6, 6.07) is 19.2. The Morgan fingerprint density at radius 2 is 1.42 bits per heavy atom. The van der Waals surface area contributed by atoms with Crippen LogP contribution in [0.1, 0.15) is 17.5 Å². The number of hydrogen-bond acceptors (Lipinski definition) is 5. The second-order valence-electron chi connectivity index (χ2n) is 5.99. The van der Waals surface area contributed by atoms with Gasteiger partial charge >= 0.3 is 0 Å². The lowest BCUT2D eigenvalue weighted by Crippen LogP contribution is -2.43. The topological polar surface area (TPSA) is 76.0 Å². The first-order valence-electron chi connectivity index (χ1n) is 8.63. The largest absolute Gasteiger partial charge is 0.394 e. The van der Waals surface area contributed by atoms with Crippen LogP contribution in [0.3, 0.4) is 0 Å². The molecule has 0 fully saturated rings. The second-order valence-corrected chi connectivity index (χ2v) is 6.69. The van der Waals surface area contributed by atoms with E-state index in [0.717, 1.165) is 11.1 Å². The molecule has 26 heavy (non-hydrogen) atoms. The van der Waals surface area contributed by atoms with E-state index in [9.17, 15) is 14.8 Å². The van der Waals surface area contributed by atoms with Gasteiger partial charge in [-0.3, -0.25) is 4.57 Å². The predicted molar refractivity (Wildman–Crippen MR) is 100 cm³/mol. The molecule has 0 bridgehead atoms. The van der Waals surface area contributed by atoms with E-state index >= 15 is 0 Å². The summed E-state index contributed by atoms with van der Waals surface area (Å²) in [7, 11) is -0.0277. The summed E-state index contributed by atoms with van der Waals surface area (Å²) in [5.41, 5.74) is 1.94. The zero-order chi connectivity index (χ0) is 18.6. The number of hydrogen-bond donors (Lipinski definition) is 2. The van der Waals surface area contributed by atoms with Crippen LogP contribution in [0.5, 0.6) is 0 Å². The quantitative estimate of drug-likeness (QED) is 0.557. The van der Waals surface area contributed by atoms with E-state index in [0.29, 0.717) is 25.8 Å². The van der Waals surface area contributed by atoms with Crippen LogP contribution in [-0.4, -0.2) is 41.3 Å². The molecule has 6 heteroatoms. The number of aliphatic hydroxyl groups is 2. The predicted octanol–water partition coefficient (Wildman–Crippen LogP) is 3.19. The van der Waals surface area contributed by atoms with Gasteiger partial charge in [-0.1, -0.05) is 60.7 Å². The van der Waals surface area contributed by atoms with Crippen molar-refractivity contribution in [3.8, 4) is 0 Å². The van der Waals surface area contributed by atoms with Gasteiger partial charge < -0.3 is 19.7 Å². The highest BCUT2D eigenvalue weighted by molar-refractivity contribution is 7.23. The summed E-state index contributed by atoms with van der Waals surface area (Å²) in [5, 5.41) is 20.2. The van der Waals surface area contributed by atoms with E-state index in [-0.39, 0.29) is 15.1 Å². The van der Waals surface area contributed by atoms with Crippen molar-refractivity contribution < 1.29 is 24.3 Å². The maximum absolute atomic E-state index is 10.7. The Kier molecular flexibility index (Phi) is 9.46. The van der Waals surface area contributed by atoms with Gasteiger partial charge in [-0.15, -0.1) is 0 Å². The van der Waals surface area contributed by atoms with Gasteiger partial charge in [0, 0.05) is 6.16 Å². The van der Waals surface area contributed by atoms with Crippen molar-refractivity contribution in [1.82, 2.24) is 0 Å². The molecule has 2 N–H and O–H groups in total. The number of benzene rings is 2. The third-order valence-corrected chi connectivity index (χ3v) is 4.47. The average molecular weight is 376 g/mol.